The minimum Gasteiger partial charge on any atom is -0.535 e. The van der Waals surface area contributed by atoms with Gasteiger partial charge in [-0.05, 0) is 80.4 Å². The van der Waals surface area contributed by atoms with E-state index in [0.29, 0.717) is 48.1 Å². The summed E-state index contributed by atoms with van der Waals surface area (Å²) >= 11 is 9.97. The second-order valence-electron chi connectivity index (χ2n) is 27.9. The summed E-state index contributed by atoms with van der Waals surface area (Å²) in [7, 11) is 0.667. The lowest BCUT2D eigenvalue weighted by Crippen LogP contribution is -2.00. The van der Waals surface area contributed by atoms with E-state index in [0.717, 1.165) is 97.8 Å². The summed E-state index contributed by atoms with van der Waals surface area (Å²) in [6, 6.07) is 129. The van der Waals surface area contributed by atoms with Gasteiger partial charge in [0.2, 0.25) is 5.28 Å². The number of halogens is 1. The molecule has 0 amide bonds. The van der Waals surface area contributed by atoms with Gasteiger partial charge in [-0.25, -0.2) is 19.9 Å². The first-order valence-corrected chi connectivity index (χ1v) is 40.0. The van der Waals surface area contributed by atoms with Crippen molar-refractivity contribution in [1.82, 2.24) is 29.9 Å². The van der Waals surface area contributed by atoms with E-state index >= 15 is 0 Å². The zero-order chi connectivity index (χ0) is 77.4. The van der Waals surface area contributed by atoms with Crippen molar-refractivity contribution in [2.45, 2.75) is 0 Å². The Labute approximate surface area is 680 Å². The molecule has 0 fully saturated rings. The first-order chi connectivity index (χ1) is 57.4. The summed E-state index contributed by atoms with van der Waals surface area (Å²) in [5.41, 5.74) is 21.6. The Morgan fingerprint density at radius 2 is 0.483 bits per heavy atom. The molecule has 1 N–H and O–H groups in total. The fourth-order valence-electron chi connectivity index (χ4n) is 15.7. The normalized spacial score (nSPS) is 11.4. The molecule has 0 aliphatic rings. The molecule has 116 heavy (non-hydrogen) atoms. The molecule has 6 aromatic heterocycles. The largest absolute Gasteiger partial charge is 0.569 e. The van der Waals surface area contributed by atoms with Crippen LogP contribution in [0.1, 0.15) is 0 Å². The van der Waals surface area contributed by atoms with Crippen LogP contribution in [0.4, 0.5) is 0 Å². The second-order valence-corrected chi connectivity index (χ2v) is 30.3. The van der Waals surface area contributed by atoms with Crippen molar-refractivity contribution in [2.75, 3.05) is 0 Å². The number of hydrogen-bond donors (Lipinski definition) is 1. The van der Waals surface area contributed by atoms with E-state index in [-0.39, 0.29) is 5.28 Å². The van der Waals surface area contributed by atoms with Crippen LogP contribution in [0.2, 0.25) is 5.28 Å². The van der Waals surface area contributed by atoms with Crippen LogP contribution < -0.4 is 4.65 Å². The minimum absolute atomic E-state index is 0.185. The third kappa shape index (κ3) is 13.3. The molecule has 14 heteroatoms. The fourth-order valence-corrected chi connectivity index (χ4v) is 18.6. The van der Waals surface area contributed by atoms with Crippen LogP contribution in [-0.2, 0) is 0 Å². The molecule has 0 unspecified atom stereocenters. The molecule has 16 aromatic carbocycles. The summed E-state index contributed by atoms with van der Waals surface area (Å²) < 4.78 is 22.8. The zero-order valence-corrected chi connectivity index (χ0v) is 64.3. The highest BCUT2D eigenvalue weighted by Gasteiger charge is 2.25. The van der Waals surface area contributed by atoms with Gasteiger partial charge in [0.05, 0.1) is 5.56 Å². The van der Waals surface area contributed by atoms with Crippen molar-refractivity contribution in [3.63, 3.8) is 0 Å². The molecule has 0 spiro atoms. The van der Waals surface area contributed by atoms with Crippen molar-refractivity contribution in [3.05, 3.63) is 381 Å². The summed E-state index contributed by atoms with van der Waals surface area (Å²) in [6.45, 7) is 0. The van der Waals surface area contributed by atoms with Crippen molar-refractivity contribution >= 4 is 126 Å². The van der Waals surface area contributed by atoms with E-state index in [1.807, 2.05) is 115 Å². The maximum Gasteiger partial charge on any atom is 0.569 e. The van der Waals surface area contributed by atoms with Crippen LogP contribution in [0.5, 0.6) is 5.75 Å². The molecule has 547 valence electrons. The van der Waals surface area contributed by atoms with E-state index in [1.165, 1.54) is 75.5 Å². The molecule has 0 atom stereocenters. The number of furan rings is 2. The number of para-hydroxylation sites is 4. The van der Waals surface area contributed by atoms with Crippen LogP contribution >= 0.6 is 34.3 Å². The van der Waals surface area contributed by atoms with Gasteiger partial charge in [-0.3, -0.25) is 0 Å². The van der Waals surface area contributed by atoms with E-state index < -0.39 is 0 Å². The number of nitrogens with zero attached hydrogens (tertiary/aromatic N) is 6. The van der Waals surface area contributed by atoms with E-state index in [4.69, 9.17) is 50.0 Å². The van der Waals surface area contributed by atoms with E-state index in [9.17, 15) is 0 Å². The van der Waals surface area contributed by atoms with Gasteiger partial charge in [-0.2, -0.15) is 9.97 Å². The molecule has 0 aliphatic heterocycles. The molecule has 10 nitrogen and oxygen atoms in total. The zero-order valence-electron chi connectivity index (χ0n) is 61.9. The SMILES string of the molecule is Clc1nc(-c2ccccc2)nc(-c2cccc3c2sc2c(-c4ccccc4-c4ccccc4)cccc23)n1.O[B]Oc1cccc2c1oc1c(-c3ccccc3)cccc12.c1ccc(-c2nc(-c3cccc4c3oc3c(-c5ccccc5)cccc34)nc(-c3cccc4c3sc3c(-c5ccccc5-c5ccccc5)cccc34)n2)cc1. The van der Waals surface area contributed by atoms with Crippen LogP contribution in [0, 0.1) is 0 Å². The number of thiophene rings is 2. The molecule has 6 heterocycles. The fraction of sp³-hybridized carbons (Fsp3) is 0. The maximum atomic E-state index is 8.90. The molecule has 22 aromatic rings. The topological polar surface area (TPSA) is 133 Å². The Balaban J connectivity index is 0.000000124. The molecular formula is C102H63BClN6O4S2. The average molecular weight is 1550 g/mol. The van der Waals surface area contributed by atoms with Crippen molar-refractivity contribution < 1.29 is 18.5 Å². The molecule has 0 saturated heterocycles. The van der Waals surface area contributed by atoms with Crippen molar-refractivity contribution in [2.24, 2.45) is 0 Å². The second kappa shape index (κ2) is 31.0. The average Bonchev–Trinajstić information content (AvgIpc) is 1.60. The minimum atomic E-state index is 0.185. The number of aromatic nitrogens is 6. The van der Waals surface area contributed by atoms with Crippen molar-refractivity contribution in [1.29, 1.82) is 0 Å². The molecule has 1 radical (unpaired) electrons. The predicted octanol–water partition coefficient (Wildman–Crippen LogP) is 27.9. The van der Waals surface area contributed by atoms with Gasteiger partial charge in [0.1, 0.15) is 22.5 Å². The number of benzene rings is 16. The summed E-state index contributed by atoms with van der Waals surface area (Å²) in [6.07, 6.45) is 0. The van der Waals surface area contributed by atoms with Gasteiger partial charge in [0.15, 0.2) is 34.7 Å². The van der Waals surface area contributed by atoms with Crippen molar-refractivity contribution in [3.8, 4) is 129 Å². The molecule has 0 bridgehead atoms. The standard InChI is InChI=1S/C51H31N3OS.C33H20ClN3S.C18H12BO3/c1-4-16-32(17-5-1)35-22-10-11-23-37(35)40-27-14-28-41-42-29-15-31-44(48(42)56-47(40)41)51-53-49(34-20-8-3-9-21-34)52-50(54-51)43-30-13-26-39-38-25-12-24-36(45(38)55-46(39)43)33-18-6-2-7-19-33;34-33-36-31(22-13-5-2-6-14-22)35-32(37-33)28-20-10-19-27-26-18-9-17-25(29(26)38-30(27)28)24-16-8-7-15-23(24)21-11-3-1-4-12-21;20-19-22-16-11-5-10-15-14-9-4-8-13(17(14)21-18(15)16)12-6-2-1-3-7-12/h1-31H;1-20H;1-11,20H. The lowest BCUT2D eigenvalue weighted by atomic mass is 9.94. The van der Waals surface area contributed by atoms with Crippen LogP contribution in [0.25, 0.3) is 208 Å². The predicted molar refractivity (Wildman–Crippen MR) is 480 cm³/mol. The van der Waals surface area contributed by atoms with Crippen LogP contribution in [0.3, 0.4) is 0 Å². The summed E-state index contributed by atoms with van der Waals surface area (Å²) in [5.74, 6) is 3.43. The van der Waals surface area contributed by atoms with Gasteiger partial charge in [-0.15, -0.1) is 22.7 Å². The number of fused-ring (bicyclic) bond motifs is 12. The monoisotopic (exact) mass is 1550 g/mol. The Bertz CT molecular complexity index is 7440. The third-order valence-electron chi connectivity index (χ3n) is 21.0. The maximum absolute atomic E-state index is 8.90. The van der Waals surface area contributed by atoms with E-state index in [1.54, 1.807) is 28.7 Å². The highest BCUT2D eigenvalue weighted by Crippen LogP contribution is 2.49. The first kappa shape index (κ1) is 70.8. The Kier molecular flexibility index (Phi) is 18.9. The summed E-state index contributed by atoms with van der Waals surface area (Å²) in [5, 5.41) is 17.9. The number of rotatable bonds is 13. The van der Waals surface area contributed by atoms with Gasteiger partial charge < -0.3 is 18.5 Å². The Morgan fingerprint density at radius 1 is 0.224 bits per heavy atom. The van der Waals surface area contributed by atoms with Crippen LogP contribution in [-0.4, -0.2) is 42.6 Å². The molecule has 0 aliphatic carbocycles. The lowest BCUT2D eigenvalue weighted by Gasteiger charge is -2.11. The highest BCUT2D eigenvalue weighted by atomic mass is 35.5. The lowest BCUT2D eigenvalue weighted by molar-refractivity contribution is 0.451. The van der Waals surface area contributed by atoms with Gasteiger partial charge in [0, 0.05) is 106 Å². The van der Waals surface area contributed by atoms with E-state index in [2.05, 4.69) is 265 Å². The van der Waals surface area contributed by atoms with Crippen LogP contribution in [0.15, 0.2) is 385 Å². The molecule has 22 rings (SSSR count). The smallest absolute Gasteiger partial charge is 0.535 e. The van der Waals surface area contributed by atoms with Gasteiger partial charge in [0.25, 0.3) is 0 Å². The quantitative estimate of drug-likeness (QED) is 0.111. The highest BCUT2D eigenvalue weighted by molar-refractivity contribution is 7.27. The molecule has 0 saturated carbocycles. The van der Waals surface area contributed by atoms with Gasteiger partial charge >= 0.3 is 7.69 Å². The Hall–Kier alpha value is -14.3. The Morgan fingerprint density at radius 3 is 0.897 bits per heavy atom. The number of hydrogen-bond acceptors (Lipinski definition) is 12. The first-order valence-electron chi connectivity index (χ1n) is 38.0. The summed E-state index contributed by atoms with van der Waals surface area (Å²) in [4.78, 5) is 29.4. The molecular weight excluding hydrogens is 1480 g/mol. The van der Waals surface area contributed by atoms with Gasteiger partial charge in [-0.1, -0.05) is 352 Å². The third-order valence-corrected chi connectivity index (χ3v) is 23.8.